The Morgan fingerprint density at radius 3 is 2.73 bits per heavy atom. The molecule has 0 unspecified atom stereocenters. The van der Waals surface area contributed by atoms with Gasteiger partial charge in [-0.3, -0.25) is 0 Å². The maximum atomic E-state index is 8.77. The first-order chi connectivity index (χ1) is 7.19. The number of aliphatic hydroxyl groups excluding tert-OH is 1. The molecule has 84 valence electrons. The lowest BCUT2D eigenvalue weighted by Crippen LogP contribution is -2.25. The summed E-state index contributed by atoms with van der Waals surface area (Å²) in [4.78, 5) is 6.19. The third-order valence-corrected chi connectivity index (χ3v) is 2.54. The molecule has 0 bridgehead atoms. The van der Waals surface area contributed by atoms with Gasteiger partial charge in [0.05, 0.1) is 10.0 Å². The molecule has 0 saturated carbocycles. The van der Waals surface area contributed by atoms with E-state index in [2.05, 4.69) is 4.98 Å². The van der Waals surface area contributed by atoms with Gasteiger partial charge in [-0.1, -0.05) is 23.2 Å². The molecule has 0 radical (unpaired) electrons. The molecule has 1 N–H and O–H groups in total. The lowest BCUT2D eigenvalue weighted by molar-refractivity contribution is 0.289. The second-order valence-corrected chi connectivity index (χ2v) is 3.96. The Hall–Kier alpha value is -0.510. The van der Waals surface area contributed by atoms with E-state index >= 15 is 0 Å². The molecule has 5 heteroatoms. The van der Waals surface area contributed by atoms with E-state index < -0.39 is 0 Å². The van der Waals surface area contributed by atoms with E-state index in [0.717, 1.165) is 18.9 Å². The SMILES string of the molecule is CCN(CCCO)c1ncc(Cl)cc1Cl. The molecule has 0 atom stereocenters. The van der Waals surface area contributed by atoms with Crippen molar-refractivity contribution in [3.05, 3.63) is 22.3 Å². The largest absolute Gasteiger partial charge is 0.396 e. The second kappa shape index (κ2) is 6.16. The van der Waals surface area contributed by atoms with E-state index in [1.165, 1.54) is 0 Å². The minimum Gasteiger partial charge on any atom is -0.396 e. The zero-order chi connectivity index (χ0) is 11.3. The van der Waals surface area contributed by atoms with Crippen LogP contribution in [0.2, 0.25) is 10.0 Å². The highest BCUT2D eigenvalue weighted by Gasteiger charge is 2.10. The summed E-state index contributed by atoms with van der Waals surface area (Å²) < 4.78 is 0. The van der Waals surface area contributed by atoms with Gasteiger partial charge in [0.15, 0.2) is 0 Å². The van der Waals surface area contributed by atoms with Crippen LogP contribution in [0.15, 0.2) is 12.3 Å². The van der Waals surface area contributed by atoms with E-state index in [1.807, 2.05) is 11.8 Å². The van der Waals surface area contributed by atoms with Crippen molar-refractivity contribution in [3.8, 4) is 0 Å². The van der Waals surface area contributed by atoms with Crippen molar-refractivity contribution < 1.29 is 5.11 Å². The summed E-state index contributed by atoms with van der Waals surface area (Å²) in [6.07, 6.45) is 2.28. The van der Waals surface area contributed by atoms with Gasteiger partial charge in [-0.2, -0.15) is 0 Å². The molecule has 1 aromatic rings. The number of rotatable bonds is 5. The summed E-state index contributed by atoms with van der Waals surface area (Å²) in [7, 11) is 0. The van der Waals surface area contributed by atoms with Gasteiger partial charge < -0.3 is 10.0 Å². The van der Waals surface area contributed by atoms with Crippen LogP contribution in [0, 0.1) is 0 Å². The van der Waals surface area contributed by atoms with Crippen LogP contribution in [-0.4, -0.2) is 29.8 Å². The van der Waals surface area contributed by atoms with E-state index in [1.54, 1.807) is 12.3 Å². The fourth-order valence-corrected chi connectivity index (χ4v) is 1.82. The summed E-state index contributed by atoms with van der Waals surface area (Å²) in [6, 6.07) is 1.67. The number of aromatic nitrogens is 1. The number of aliphatic hydroxyl groups is 1. The highest BCUT2D eigenvalue weighted by atomic mass is 35.5. The number of hydrogen-bond acceptors (Lipinski definition) is 3. The average Bonchev–Trinajstić information content (AvgIpc) is 2.21. The Morgan fingerprint density at radius 2 is 2.20 bits per heavy atom. The van der Waals surface area contributed by atoms with Gasteiger partial charge in [-0.15, -0.1) is 0 Å². The van der Waals surface area contributed by atoms with E-state index in [0.29, 0.717) is 16.5 Å². The third kappa shape index (κ3) is 3.52. The van der Waals surface area contributed by atoms with Gasteiger partial charge in [0, 0.05) is 25.9 Å². The molecule has 1 heterocycles. The molecule has 0 saturated heterocycles. The number of hydrogen-bond donors (Lipinski definition) is 1. The number of anilines is 1. The molecule has 0 aromatic carbocycles. The standard InChI is InChI=1S/C10H14Cl2N2O/c1-2-14(4-3-5-15)10-9(12)6-8(11)7-13-10/h6-7,15H,2-5H2,1H3. The topological polar surface area (TPSA) is 36.4 Å². The van der Waals surface area contributed by atoms with Crippen LogP contribution in [0.5, 0.6) is 0 Å². The van der Waals surface area contributed by atoms with Crippen LogP contribution < -0.4 is 4.90 Å². The molecular formula is C10H14Cl2N2O. The van der Waals surface area contributed by atoms with Crippen LogP contribution in [-0.2, 0) is 0 Å². The summed E-state index contributed by atoms with van der Waals surface area (Å²) in [5.41, 5.74) is 0. The predicted molar refractivity (Wildman–Crippen MR) is 63.8 cm³/mol. The van der Waals surface area contributed by atoms with E-state index in [-0.39, 0.29) is 6.61 Å². The molecule has 15 heavy (non-hydrogen) atoms. The lowest BCUT2D eigenvalue weighted by Gasteiger charge is -2.22. The zero-order valence-corrected chi connectivity index (χ0v) is 10.1. The molecule has 1 rings (SSSR count). The minimum absolute atomic E-state index is 0.168. The van der Waals surface area contributed by atoms with Gasteiger partial charge in [-0.05, 0) is 19.4 Å². The highest BCUT2D eigenvalue weighted by molar-refractivity contribution is 6.35. The van der Waals surface area contributed by atoms with E-state index in [9.17, 15) is 0 Å². The Morgan fingerprint density at radius 1 is 1.47 bits per heavy atom. The molecule has 0 spiro atoms. The zero-order valence-electron chi connectivity index (χ0n) is 8.58. The van der Waals surface area contributed by atoms with Crippen molar-refractivity contribution >= 4 is 29.0 Å². The maximum Gasteiger partial charge on any atom is 0.147 e. The highest BCUT2D eigenvalue weighted by Crippen LogP contribution is 2.25. The summed E-state index contributed by atoms with van der Waals surface area (Å²) in [5.74, 6) is 0.719. The molecule has 0 aliphatic rings. The van der Waals surface area contributed by atoms with Crippen LogP contribution in [0.3, 0.4) is 0 Å². The Bertz CT molecular complexity index is 320. The average molecular weight is 249 g/mol. The second-order valence-electron chi connectivity index (χ2n) is 3.12. The molecule has 0 aliphatic heterocycles. The first-order valence-corrected chi connectivity index (χ1v) is 5.61. The van der Waals surface area contributed by atoms with Crippen LogP contribution >= 0.6 is 23.2 Å². The van der Waals surface area contributed by atoms with Crippen molar-refractivity contribution in [2.75, 3.05) is 24.6 Å². The molecular weight excluding hydrogens is 235 g/mol. The van der Waals surface area contributed by atoms with Gasteiger partial charge >= 0.3 is 0 Å². The molecule has 0 fully saturated rings. The number of nitrogens with zero attached hydrogens (tertiary/aromatic N) is 2. The monoisotopic (exact) mass is 248 g/mol. The number of halogens is 2. The maximum absolute atomic E-state index is 8.77. The fourth-order valence-electron chi connectivity index (χ4n) is 1.32. The molecule has 1 aromatic heterocycles. The smallest absolute Gasteiger partial charge is 0.147 e. The van der Waals surface area contributed by atoms with Gasteiger partial charge in [-0.25, -0.2) is 4.98 Å². The summed E-state index contributed by atoms with van der Waals surface area (Å²) >= 11 is 11.8. The van der Waals surface area contributed by atoms with Crippen molar-refractivity contribution in [2.24, 2.45) is 0 Å². The Kier molecular flexibility index (Phi) is 5.15. The molecule has 3 nitrogen and oxygen atoms in total. The van der Waals surface area contributed by atoms with Gasteiger partial charge in [0.2, 0.25) is 0 Å². The van der Waals surface area contributed by atoms with Gasteiger partial charge in [0.25, 0.3) is 0 Å². The lowest BCUT2D eigenvalue weighted by atomic mass is 10.3. The Balaban J connectivity index is 2.81. The summed E-state index contributed by atoms with van der Waals surface area (Å²) in [6.45, 7) is 3.72. The first-order valence-electron chi connectivity index (χ1n) is 4.86. The third-order valence-electron chi connectivity index (χ3n) is 2.06. The first kappa shape index (κ1) is 12.6. The van der Waals surface area contributed by atoms with Crippen molar-refractivity contribution in [3.63, 3.8) is 0 Å². The van der Waals surface area contributed by atoms with Crippen LogP contribution in [0.1, 0.15) is 13.3 Å². The fraction of sp³-hybridized carbons (Fsp3) is 0.500. The quantitative estimate of drug-likeness (QED) is 0.871. The minimum atomic E-state index is 0.168. The predicted octanol–water partition coefficient (Wildman–Crippen LogP) is 2.60. The van der Waals surface area contributed by atoms with Gasteiger partial charge in [0.1, 0.15) is 5.82 Å². The Labute approximate surface area is 99.6 Å². The van der Waals surface area contributed by atoms with Crippen LogP contribution in [0.4, 0.5) is 5.82 Å². The summed E-state index contributed by atoms with van der Waals surface area (Å²) in [5, 5.41) is 9.84. The molecule has 0 amide bonds. The number of pyridine rings is 1. The van der Waals surface area contributed by atoms with Crippen molar-refractivity contribution in [1.82, 2.24) is 4.98 Å². The molecule has 0 aliphatic carbocycles. The van der Waals surface area contributed by atoms with Crippen LogP contribution in [0.25, 0.3) is 0 Å². The van der Waals surface area contributed by atoms with E-state index in [4.69, 9.17) is 28.3 Å². The van der Waals surface area contributed by atoms with Crippen molar-refractivity contribution in [2.45, 2.75) is 13.3 Å². The van der Waals surface area contributed by atoms with Crippen molar-refractivity contribution in [1.29, 1.82) is 0 Å². The normalized spacial score (nSPS) is 10.4.